The minimum atomic E-state index is -1.25. The molecule has 0 saturated carbocycles. The molecule has 0 aliphatic heterocycles. The quantitative estimate of drug-likeness (QED) is 0.792. The highest BCUT2D eigenvalue weighted by Gasteiger charge is 2.23. The number of aromatic nitrogens is 1. The maximum atomic E-state index is 11.7. The summed E-state index contributed by atoms with van der Waals surface area (Å²) in [5.41, 5.74) is -0.253. The Balaban J connectivity index is 2.63. The topological polar surface area (TPSA) is 95.7 Å². The Morgan fingerprint density at radius 3 is 2.56 bits per heavy atom. The summed E-state index contributed by atoms with van der Waals surface area (Å²) in [4.78, 5) is 24.2. The Kier molecular flexibility index (Phi) is 4.07. The third kappa shape index (κ3) is 3.30. The second-order valence-corrected chi connectivity index (χ2v) is 4.77. The van der Waals surface area contributed by atoms with E-state index in [1.54, 1.807) is 0 Å². The molecular formula is C11H17N3O4. The van der Waals surface area contributed by atoms with Gasteiger partial charge in [0, 0.05) is 18.2 Å². The summed E-state index contributed by atoms with van der Waals surface area (Å²) in [6.07, 6.45) is 0. The minimum Gasteiger partial charge on any atom is -0.475 e. The lowest BCUT2D eigenvalue weighted by atomic mass is 10.0. The van der Waals surface area contributed by atoms with Crippen molar-refractivity contribution in [3.63, 3.8) is 0 Å². The molecule has 100 valence electrons. The smallest absolute Gasteiger partial charge is 0.374 e. The van der Waals surface area contributed by atoms with Crippen molar-refractivity contribution < 1.29 is 19.2 Å². The largest absolute Gasteiger partial charge is 0.475 e. The van der Waals surface area contributed by atoms with Gasteiger partial charge in [0.15, 0.2) is 5.69 Å². The van der Waals surface area contributed by atoms with Crippen LogP contribution in [0.15, 0.2) is 10.6 Å². The molecule has 0 radical (unpaired) electrons. The van der Waals surface area contributed by atoms with Gasteiger partial charge in [-0.1, -0.05) is 5.16 Å². The summed E-state index contributed by atoms with van der Waals surface area (Å²) in [5, 5.41) is 14.7. The van der Waals surface area contributed by atoms with Crippen molar-refractivity contribution in [3.05, 3.63) is 17.5 Å². The SMILES string of the molecule is CN(C)C(C)(C)CNC(=O)c1cc(C(=O)O)on1. The van der Waals surface area contributed by atoms with Crippen molar-refractivity contribution in [2.75, 3.05) is 20.6 Å². The van der Waals surface area contributed by atoms with Gasteiger partial charge in [-0.2, -0.15) is 0 Å². The number of nitrogens with one attached hydrogen (secondary N) is 1. The van der Waals surface area contributed by atoms with E-state index in [9.17, 15) is 9.59 Å². The van der Waals surface area contributed by atoms with Crippen LogP contribution in [0.5, 0.6) is 0 Å². The Morgan fingerprint density at radius 1 is 1.50 bits per heavy atom. The van der Waals surface area contributed by atoms with Gasteiger partial charge in [-0.3, -0.25) is 4.79 Å². The molecule has 1 amide bonds. The maximum absolute atomic E-state index is 11.7. The average Bonchev–Trinajstić information content (AvgIpc) is 2.75. The van der Waals surface area contributed by atoms with Crippen LogP contribution >= 0.6 is 0 Å². The van der Waals surface area contributed by atoms with E-state index < -0.39 is 11.9 Å². The first-order valence-corrected chi connectivity index (χ1v) is 5.39. The van der Waals surface area contributed by atoms with E-state index in [1.807, 2.05) is 32.8 Å². The Hall–Kier alpha value is -1.89. The van der Waals surface area contributed by atoms with Gasteiger partial charge < -0.3 is 19.8 Å². The van der Waals surface area contributed by atoms with E-state index in [4.69, 9.17) is 5.11 Å². The summed E-state index contributed by atoms with van der Waals surface area (Å²) in [6.45, 7) is 4.35. The number of nitrogens with zero attached hydrogens (tertiary/aromatic N) is 2. The molecule has 0 unspecified atom stereocenters. The molecule has 1 heterocycles. The van der Waals surface area contributed by atoms with Crippen LogP contribution in [-0.2, 0) is 0 Å². The Bertz CT molecular complexity index is 451. The van der Waals surface area contributed by atoms with Crippen LogP contribution in [0.2, 0.25) is 0 Å². The fourth-order valence-electron chi connectivity index (χ4n) is 1.03. The molecule has 0 atom stereocenters. The first-order valence-electron chi connectivity index (χ1n) is 5.39. The fraction of sp³-hybridized carbons (Fsp3) is 0.545. The monoisotopic (exact) mass is 255 g/mol. The van der Waals surface area contributed by atoms with Gasteiger partial charge in [0.2, 0.25) is 5.76 Å². The number of carboxylic acid groups (broad SMARTS) is 1. The molecule has 7 heteroatoms. The van der Waals surface area contributed by atoms with Gasteiger partial charge in [-0.05, 0) is 27.9 Å². The number of carbonyl (C=O) groups is 2. The highest BCUT2D eigenvalue weighted by molar-refractivity contribution is 5.94. The first kappa shape index (κ1) is 14.2. The van der Waals surface area contributed by atoms with Crippen LogP contribution in [0.1, 0.15) is 34.9 Å². The summed E-state index contributed by atoms with van der Waals surface area (Å²) in [7, 11) is 3.82. The molecule has 0 spiro atoms. The van der Waals surface area contributed by atoms with E-state index in [-0.39, 0.29) is 17.0 Å². The molecule has 0 aliphatic carbocycles. The molecule has 7 nitrogen and oxygen atoms in total. The summed E-state index contributed by atoms with van der Waals surface area (Å²) < 4.78 is 4.51. The molecular weight excluding hydrogens is 238 g/mol. The number of likely N-dealkylation sites (N-methyl/N-ethyl adjacent to an activating group) is 1. The highest BCUT2D eigenvalue weighted by atomic mass is 16.5. The lowest BCUT2D eigenvalue weighted by Gasteiger charge is -2.32. The first-order chi connectivity index (χ1) is 8.24. The van der Waals surface area contributed by atoms with E-state index in [0.29, 0.717) is 6.54 Å². The van der Waals surface area contributed by atoms with Gasteiger partial charge in [-0.25, -0.2) is 4.79 Å². The van der Waals surface area contributed by atoms with Crippen molar-refractivity contribution in [1.82, 2.24) is 15.4 Å². The van der Waals surface area contributed by atoms with Gasteiger partial charge >= 0.3 is 5.97 Å². The predicted molar refractivity (Wildman–Crippen MR) is 63.6 cm³/mol. The van der Waals surface area contributed by atoms with E-state index >= 15 is 0 Å². The lowest BCUT2D eigenvalue weighted by Crippen LogP contribution is -2.48. The van der Waals surface area contributed by atoms with Crippen LogP contribution in [0.3, 0.4) is 0 Å². The molecule has 0 fully saturated rings. The van der Waals surface area contributed by atoms with Crippen LogP contribution < -0.4 is 5.32 Å². The molecule has 0 saturated heterocycles. The fourth-order valence-corrected chi connectivity index (χ4v) is 1.03. The average molecular weight is 255 g/mol. The maximum Gasteiger partial charge on any atom is 0.374 e. The summed E-state index contributed by atoms with van der Waals surface area (Å²) in [5.74, 6) is -2.07. The minimum absolute atomic E-state index is 0.0399. The molecule has 1 aromatic heterocycles. The third-order valence-electron chi connectivity index (χ3n) is 2.85. The van der Waals surface area contributed by atoms with Gasteiger partial charge in [-0.15, -0.1) is 0 Å². The number of amides is 1. The van der Waals surface area contributed by atoms with Crippen molar-refractivity contribution in [1.29, 1.82) is 0 Å². The standard InChI is InChI=1S/C11H17N3O4/c1-11(2,14(3)4)6-12-9(15)7-5-8(10(16)17)18-13-7/h5H,6H2,1-4H3,(H,12,15)(H,16,17). The summed E-state index contributed by atoms with van der Waals surface area (Å²) in [6, 6.07) is 1.10. The second-order valence-electron chi connectivity index (χ2n) is 4.77. The van der Waals surface area contributed by atoms with E-state index in [2.05, 4.69) is 15.0 Å². The van der Waals surface area contributed by atoms with Crippen LogP contribution in [0.4, 0.5) is 0 Å². The normalized spacial score (nSPS) is 11.6. The van der Waals surface area contributed by atoms with E-state index in [0.717, 1.165) is 6.07 Å². The Morgan fingerprint density at radius 2 is 2.11 bits per heavy atom. The zero-order chi connectivity index (χ0) is 13.9. The molecule has 0 aliphatic rings. The zero-order valence-corrected chi connectivity index (χ0v) is 10.9. The van der Waals surface area contributed by atoms with E-state index in [1.165, 1.54) is 0 Å². The van der Waals surface area contributed by atoms with Crippen molar-refractivity contribution in [3.8, 4) is 0 Å². The molecule has 0 aromatic carbocycles. The Labute approximate surface area is 105 Å². The summed E-state index contributed by atoms with van der Waals surface area (Å²) >= 11 is 0. The van der Waals surface area contributed by atoms with Crippen LogP contribution in [0, 0.1) is 0 Å². The number of hydrogen-bond acceptors (Lipinski definition) is 5. The van der Waals surface area contributed by atoms with Crippen LogP contribution in [-0.4, -0.2) is 53.2 Å². The molecule has 1 aromatic rings. The lowest BCUT2D eigenvalue weighted by molar-refractivity contribution is 0.0651. The third-order valence-corrected chi connectivity index (χ3v) is 2.85. The van der Waals surface area contributed by atoms with Crippen molar-refractivity contribution in [2.24, 2.45) is 0 Å². The van der Waals surface area contributed by atoms with Gasteiger partial charge in [0.1, 0.15) is 0 Å². The zero-order valence-electron chi connectivity index (χ0n) is 10.9. The number of carbonyl (C=O) groups excluding carboxylic acids is 1. The van der Waals surface area contributed by atoms with Crippen molar-refractivity contribution >= 4 is 11.9 Å². The van der Waals surface area contributed by atoms with Crippen LogP contribution in [0.25, 0.3) is 0 Å². The number of carboxylic acids is 1. The number of aromatic carboxylic acids is 1. The molecule has 2 N–H and O–H groups in total. The molecule has 0 bridgehead atoms. The number of rotatable bonds is 5. The van der Waals surface area contributed by atoms with Gasteiger partial charge in [0.25, 0.3) is 5.91 Å². The number of hydrogen-bond donors (Lipinski definition) is 2. The molecule has 18 heavy (non-hydrogen) atoms. The van der Waals surface area contributed by atoms with Gasteiger partial charge in [0.05, 0.1) is 0 Å². The highest BCUT2D eigenvalue weighted by Crippen LogP contribution is 2.09. The van der Waals surface area contributed by atoms with Crippen molar-refractivity contribution in [2.45, 2.75) is 19.4 Å². The second kappa shape index (κ2) is 5.18. The predicted octanol–water partition coefficient (Wildman–Crippen LogP) is 0.443. The molecule has 1 rings (SSSR count).